The quantitative estimate of drug-likeness (QED) is 0.910. The summed E-state index contributed by atoms with van der Waals surface area (Å²) in [6.45, 7) is 3.26. The first kappa shape index (κ1) is 11.5. The second kappa shape index (κ2) is 4.47. The highest BCUT2D eigenvalue weighted by Gasteiger charge is 2.31. The first-order valence-corrected chi connectivity index (χ1v) is 6.36. The molecule has 0 heterocycles. The summed E-state index contributed by atoms with van der Waals surface area (Å²) in [7, 11) is 0. The lowest BCUT2D eigenvalue weighted by atomic mass is 9.70. The Labute approximate surface area is 105 Å². The summed E-state index contributed by atoms with van der Waals surface area (Å²) in [6.07, 6.45) is 3.92. The van der Waals surface area contributed by atoms with Crippen molar-refractivity contribution in [1.29, 1.82) is 5.26 Å². The predicted molar refractivity (Wildman–Crippen MR) is 69.3 cm³/mol. The Morgan fingerprint density at radius 3 is 2.81 bits per heavy atom. The minimum absolute atomic E-state index is 0.430. The molecule has 0 aromatic heterocycles. The van der Waals surface area contributed by atoms with Crippen molar-refractivity contribution in [3.63, 3.8) is 0 Å². The lowest BCUT2D eigenvalue weighted by Crippen LogP contribution is -2.33. The summed E-state index contributed by atoms with van der Waals surface area (Å²) in [5.74, 6) is 0. The highest BCUT2D eigenvalue weighted by molar-refractivity contribution is 9.10. The van der Waals surface area contributed by atoms with Crippen LogP contribution in [0.4, 0.5) is 5.69 Å². The average Bonchev–Trinajstić information content (AvgIpc) is 2.24. The van der Waals surface area contributed by atoms with Crippen LogP contribution < -0.4 is 5.32 Å². The number of hydrogen-bond donors (Lipinski definition) is 1. The molecule has 2 nitrogen and oxygen atoms in total. The van der Waals surface area contributed by atoms with Crippen molar-refractivity contribution < 1.29 is 0 Å². The van der Waals surface area contributed by atoms with Gasteiger partial charge in [0.05, 0.1) is 11.3 Å². The van der Waals surface area contributed by atoms with Crippen LogP contribution in [0.1, 0.15) is 31.7 Å². The predicted octanol–water partition coefficient (Wildman–Crippen LogP) is 3.92. The van der Waals surface area contributed by atoms with Crippen molar-refractivity contribution in [1.82, 2.24) is 0 Å². The molecule has 1 aromatic carbocycles. The maximum absolute atomic E-state index is 9.03. The third-order valence-corrected chi connectivity index (χ3v) is 3.86. The lowest BCUT2D eigenvalue weighted by molar-refractivity contribution is 0.180. The molecule has 16 heavy (non-hydrogen) atoms. The molecule has 1 aromatic rings. The van der Waals surface area contributed by atoms with Crippen LogP contribution in [0.15, 0.2) is 22.7 Å². The summed E-state index contributed by atoms with van der Waals surface area (Å²) >= 11 is 3.37. The van der Waals surface area contributed by atoms with Gasteiger partial charge in [0.2, 0.25) is 0 Å². The molecule has 0 amide bonds. The van der Waals surface area contributed by atoms with Crippen LogP contribution in [-0.4, -0.2) is 6.54 Å². The first-order chi connectivity index (χ1) is 7.63. The fourth-order valence-electron chi connectivity index (χ4n) is 2.03. The van der Waals surface area contributed by atoms with Gasteiger partial charge in [0.15, 0.2) is 0 Å². The summed E-state index contributed by atoms with van der Waals surface area (Å²) in [5.41, 5.74) is 2.08. The number of hydrogen-bond acceptors (Lipinski definition) is 2. The number of nitriles is 1. The van der Waals surface area contributed by atoms with E-state index in [9.17, 15) is 0 Å². The van der Waals surface area contributed by atoms with Crippen molar-refractivity contribution >= 4 is 21.6 Å². The van der Waals surface area contributed by atoms with E-state index in [-0.39, 0.29) is 0 Å². The molecule has 1 saturated carbocycles. The van der Waals surface area contributed by atoms with E-state index in [0.717, 1.165) is 16.7 Å². The van der Waals surface area contributed by atoms with Crippen molar-refractivity contribution in [2.75, 3.05) is 11.9 Å². The molecule has 0 spiro atoms. The normalized spacial score (nSPS) is 17.3. The Kier molecular flexibility index (Phi) is 3.20. The van der Waals surface area contributed by atoms with E-state index in [4.69, 9.17) is 5.26 Å². The Bertz CT molecular complexity index is 430. The molecule has 84 valence electrons. The molecule has 0 atom stereocenters. The van der Waals surface area contributed by atoms with E-state index < -0.39 is 0 Å². The Hall–Kier alpha value is -1.01. The van der Waals surface area contributed by atoms with Gasteiger partial charge in [-0.25, -0.2) is 0 Å². The summed E-state index contributed by atoms with van der Waals surface area (Å²) in [5, 5.41) is 12.4. The van der Waals surface area contributed by atoms with E-state index in [0.29, 0.717) is 11.0 Å². The van der Waals surface area contributed by atoms with Crippen molar-refractivity contribution in [2.45, 2.75) is 26.2 Å². The maximum Gasteiger partial charge on any atom is 0.101 e. The third kappa shape index (κ3) is 2.38. The average molecular weight is 279 g/mol. The van der Waals surface area contributed by atoms with Gasteiger partial charge in [-0.05, 0) is 36.5 Å². The van der Waals surface area contributed by atoms with Gasteiger partial charge < -0.3 is 5.32 Å². The van der Waals surface area contributed by atoms with Crippen LogP contribution in [0.25, 0.3) is 0 Å². The second-order valence-electron chi connectivity index (χ2n) is 4.82. The van der Waals surface area contributed by atoms with Gasteiger partial charge in [0.25, 0.3) is 0 Å². The standard InChI is InChI=1S/C13H15BrN2/c1-13(5-2-6-13)9-16-12-4-3-11(14)7-10(12)8-15/h3-4,7,16H,2,5-6,9H2,1H3. The Morgan fingerprint density at radius 1 is 1.50 bits per heavy atom. The van der Waals surface area contributed by atoms with Gasteiger partial charge in [0.1, 0.15) is 6.07 Å². The number of rotatable bonds is 3. The van der Waals surface area contributed by atoms with Crippen LogP contribution >= 0.6 is 15.9 Å². The zero-order valence-electron chi connectivity index (χ0n) is 9.39. The van der Waals surface area contributed by atoms with Gasteiger partial charge in [-0.15, -0.1) is 0 Å². The molecule has 2 rings (SSSR count). The zero-order chi connectivity index (χ0) is 11.6. The van der Waals surface area contributed by atoms with Crippen LogP contribution in [-0.2, 0) is 0 Å². The van der Waals surface area contributed by atoms with Crippen LogP contribution in [0.5, 0.6) is 0 Å². The number of benzene rings is 1. The summed E-state index contributed by atoms with van der Waals surface area (Å²) < 4.78 is 0.949. The minimum Gasteiger partial charge on any atom is -0.383 e. The second-order valence-corrected chi connectivity index (χ2v) is 5.74. The van der Waals surface area contributed by atoms with E-state index in [1.165, 1.54) is 19.3 Å². The van der Waals surface area contributed by atoms with E-state index in [2.05, 4.69) is 34.2 Å². The molecule has 1 aliphatic rings. The van der Waals surface area contributed by atoms with Gasteiger partial charge in [-0.1, -0.05) is 29.3 Å². The molecule has 0 aliphatic heterocycles. The fourth-order valence-corrected chi connectivity index (χ4v) is 2.39. The molecular weight excluding hydrogens is 264 g/mol. The van der Waals surface area contributed by atoms with Crippen molar-refractivity contribution in [3.05, 3.63) is 28.2 Å². The van der Waals surface area contributed by atoms with Gasteiger partial charge in [-0.2, -0.15) is 5.26 Å². The smallest absolute Gasteiger partial charge is 0.101 e. The molecule has 1 N–H and O–H groups in total. The zero-order valence-corrected chi connectivity index (χ0v) is 11.0. The first-order valence-electron chi connectivity index (χ1n) is 5.56. The lowest BCUT2D eigenvalue weighted by Gasteiger charge is -2.38. The number of halogens is 1. The molecule has 0 saturated heterocycles. The monoisotopic (exact) mass is 278 g/mol. The van der Waals surface area contributed by atoms with Crippen LogP contribution in [0.2, 0.25) is 0 Å². The Morgan fingerprint density at radius 2 is 2.25 bits per heavy atom. The van der Waals surface area contributed by atoms with Crippen LogP contribution in [0, 0.1) is 16.7 Å². The highest BCUT2D eigenvalue weighted by Crippen LogP contribution is 2.40. The molecule has 1 fully saturated rings. The van der Waals surface area contributed by atoms with Gasteiger partial charge in [-0.3, -0.25) is 0 Å². The SMILES string of the molecule is CC1(CNc2ccc(Br)cc2C#N)CCC1. The number of nitrogens with zero attached hydrogens (tertiary/aromatic N) is 1. The molecule has 0 unspecified atom stereocenters. The van der Waals surface area contributed by atoms with Crippen LogP contribution in [0.3, 0.4) is 0 Å². The van der Waals surface area contributed by atoms with E-state index >= 15 is 0 Å². The fraction of sp³-hybridized carbons (Fsp3) is 0.462. The number of anilines is 1. The summed E-state index contributed by atoms with van der Waals surface area (Å²) in [4.78, 5) is 0. The maximum atomic E-state index is 9.03. The topological polar surface area (TPSA) is 35.8 Å². The van der Waals surface area contributed by atoms with Crippen molar-refractivity contribution in [2.24, 2.45) is 5.41 Å². The molecule has 3 heteroatoms. The molecule has 0 radical (unpaired) electrons. The largest absolute Gasteiger partial charge is 0.383 e. The summed E-state index contributed by atoms with van der Waals surface area (Å²) in [6, 6.07) is 8.00. The molecule has 0 bridgehead atoms. The van der Waals surface area contributed by atoms with Gasteiger partial charge in [0, 0.05) is 11.0 Å². The number of nitrogens with one attached hydrogen (secondary N) is 1. The highest BCUT2D eigenvalue weighted by atomic mass is 79.9. The third-order valence-electron chi connectivity index (χ3n) is 3.37. The van der Waals surface area contributed by atoms with E-state index in [1.54, 1.807) is 0 Å². The molecule has 1 aliphatic carbocycles. The van der Waals surface area contributed by atoms with Gasteiger partial charge >= 0.3 is 0 Å². The van der Waals surface area contributed by atoms with E-state index in [1.807, 2.05) is 18.2 Å². The minimum atomic E-state index is 0.430. The molecular formula is C13H15BrN2. The Balaban J connectivity index is 2.07. The van der Waals surface area contributed by atoms with Crippen molar-refractivity contribution in [3.8, 4) is 6.07 Å².